The predicted molar refractivity (Wildman–Crippen MR) is 75.2 cm³/mol. The summed E-state index contributed by atoms with van der Waals surface area (Å²) in [5.74, 6) is -0.242. The van der Waals surface area contributed by atoms with Gasteiger partial charge >= 0.3 is 5.63 Å². The van der Waals surface area contributed by atoms with Crippen molar-refractivity contribution in [3.05, 3.63) is 45.8 Å². The van der Waals surface area contributed by atoms with Gasteiger partial charge in [0.05, 0.1) is 5.39 Å². The number of thiazole rings is 1. The van der Waals surface area contributed by atoms with E-state index in [2.05, 4.69) is 15.2 Å². The Morgan fingerprint density at radius 2 is 2.10 bits per heavy atom. The zero-order chi connectivity index (χ0) is 14.1. The van der Waals surface area contributed by atoms with Gasteiger partial charge in [-0.3, -0.25) is 0 Å². The molecule has 0 aliphatic carbocycles. The van der Waals surface area contributed by atoms with Crippen molar-refractivity contribution >= 4 is 33.1 Å². The smallest absolute Gasteiger partial charge is 0.368 e. The van der Waals surface area contributed by atoms with Crippen molar-refractivity contribution in [2.45, 2.75) is 6.92 Å². The van der Waals surface area contributed by atoms with Crippen molar-refractivity contribution in [1.82, 2.24) is 4.98 Å². The van der Waals surface area contributed by atoms with Gasteiger partial charge < -0.3 is 9.52 Å². The zero-order valence-corrected chi connectivity index (χ0v) is 11.2. The highest BCUT2D eigenvalue weighted by molar-refractivity contribution is 7.15. The highest BCUT2D eigenvalue weighted by Crippen LogP contribution is 2.32. The lowest BCUT2D eigenvalue weighted by molar-refractivity contribution is 0.469. The number of hydrogen-bond acceptors (Lipinski definition) is 7. The van der Waals surface area contributed by atoms with E-state index in [9.17, 15) is 9.90 Å². The molecule has 0 aliphatic rings. The molecule has 6 nitrogen and oxygen atoms in total. The van der Waals surface area contributed by atoms with Crippen LogP contribution in [-0.2, 0) is 0 Å². The zero-order valence-electron chi connectivity index (χ0n) is 10.4. The van der Waals surface area contributed by atoms with Crippen LogP contribution in [0, 0.1) is 6.92 Å². The standard InChI is InChI=1S/C13H9N3O3S/c1-7-6-14-13(20-7)16-15-10-11(17)8-4-2-3-5-9(8)19-12(10)18/h2-6,17H,1H3. The molecule has 2 aromatic heterocycles. The summed E-state index contributed by atoms with van der Waals surface area (Å²) in [4.78, 5) is 16.8. The fourth-order valence-electron chi connectivity index (χ4n) is 1.69. The number of aryl methyl sites for hydroxylation is 1. The highest BCUT2D eigenvalue weighted by atomic mass is 32.1. The number of fused-ring (bicyclic) bond motifs is 1. The van der Waals surface area contributed by atoms with Gasteiger partial charge in [-0.25, -0.2) is 9.78 Å². The van der Waals surface area contributed by atoms with Gasteiger partial charge in [-0.2, -0.15) is 0 Å². The monoisotopic (exact) mass is 287 g/mol. The quantitative estimate of drug-likeness (QED) is 0.575. The first-order chi connectivity index (χ1) is 9.65. The van der Waals surface area contributed by atoms with Crippen LogP contribution in [0.25, 0.3) is 11.0 Å². The van der Waals surface area contributed by atoms with E-state index in [0.29, 0.717) is 16.1 Å². The molecule has 0 unspecified atom stereocenters. The van der Waals surface area contributed by atoms with E-state index in [1.54, 1.807) is 30.5 Å². The molecule has 0 bridgehead atoms. The minimum Gasteiger partial charge on any atom is -0.505 e. The minimum atomic E-state index is -0.738. The first-order valence-electron chi connectivity index (χ1n) is 5.74. The van der Waals surface area contributed by atoms with Crippen molar-refractivity contribution in [2.75, 3.05) is 0 Å². The summed E-state index contributed by atoms with van der Waals surface area (Å²) in [5.41, 5.74) is -0.658. The van der Waals surface area contributed by atoms with Crippen LogP contribution in [0.5, 0.6) is 5.75 Å². The molecule has 0 saturated carbocycles. The Bertz CT molecular complexity index is 867. The second-order valence-electron chi connectivity index (χ2n) is 4.04. The molecule has 0 spiro atoms. The van der Waals surface area contributed by atoms with Crippen LogP contribution < -0.4 is 5.63 Å². The molecule has 0 aliphatic heterocycles. The Morgan fingerprint density at radius 1 is 1.30 bits per heavy atom. The highest BCUT2D eigenvalue weighted by Gasteiger charge is 2.13. The molecule has 0 fully saturated rings. The third kappa shape index (κ3) is 2.19. The summed E-state index contributed by atoms with van der Waals surface area (Å²) >= 11 is 1.34. The summed E-state index contributed by atoms with van der Waals surface area (Å²) in [6.07, 6.45) is 1.65. The lowest BCUT2D eigenvalue weighted by Gasteiger charge is -2.00. The number of rotatable bonds is 2. The van der Waals surface area contributed by atoms with Gasteiger partial charge in [0.1, 0.15) is 5.58 Å². The van der Waals surface area contributed by atoms with Gasteiger partial charge in [0.15, 0.2) is 5.75 Å². The molecule has 100 valence electrons. The van der Waals surface area contributed by atoms with E-state index in [1.807, 2.05) is 6.92 Å². The van der Waals surface area contributed by atoms with E-state index in [0.717, 1.165) is 4.88 Å². The minimum absolute atomic E-state index is 0.225. The van der Waals surface area contributed by atoms with Crippen LogP contribution in [0.3, 0.4) is 0 Å². The first-order valence-corrected chi connectivity index (χ1v) is 6.56. The molecule has 0 saturated heterocycles. The number of aromatic hydroxyl groups is 1. The third-order valence-corrected chi connectivity index (χ3v) is 3.40. The van der Waals surface area contributed by atoms with Crippen LogP contribution in [0.1, 0.15) is 4.88 Å². The van der Waals surface area contributed by atoms with E-state index in [4.69, 9.17) is 4.42 Å². The molecule has 1 N–H and O–H groups in total. The van der Waals surface area contributed by atoms with Crippen molar-refractivity contribution in [3.8, 4) is 5.75 Å². The Hall–Kier alpha value is -2.54. The normalized spacial score (nSPS) is 11.4. The van der Waals surface area contributed by atoms with E-state index in [-0.39, 0.29) is 11.4 Å². The summed E-state index contributed by atoms with van der Waals surface area (Å²) < 4.78 is 5.08. The number of aromatic nitrogens is 1. The number of para-hydroxylation sites is 1. The van der Waals surface area contributed by atoms with E-state index < -0.39 is 5.63 Å². The van der Waals surface area contributed by atoms with Gasteiger partial charge in [-0.1, -0.05) is 23.5 Å². The van der Waals surface area contributed by atoms with Gasteiger partial charge in [0.25, 0.3) is 0 Å². The fourth-order valence-corrected chi connectivity index (χ4v) is 2.27. The molecule has 0 amide bonds. The molecule has 2 heterocycles. The van der Waals surface area contributed by atoms with Gasteiger partial charge in [0.2, 0.25) is 10.8 Å². The van der Waals surface area contributed by atoms with Crippen LogP contribution in [0.2, 0.25) is 0 Å². The maximum Gasteiger partial charge on any atom is 0.368 e. The van der Waals surface area contributed by atoms with Gasteiger partial charge in [0, 0.05) is 11.1 Å². The summed E-state index contributed by atoms with van der Waals surface area (Å²) in [5, 5.41) is 18.5. The Labute approximate surface area is 117 Å². The average Bonchev–Trinajstić information content (AvgIpc) is 2.84. The predicted octanol–water partition coefficient (Wildman–Crippen LogP) is 3.68. The summed E-state index contributed by atoms with van der Waals surface area (Å²) in [6.45, 7) is 1.89. The average molecular weight is 287 g/mol. The first kappa shape index (κ1) is 12.5. The number of benzene rings is 1. The van der Waals surface area contributed by atoms with E-state index >= 15 is 0 Å². The second-order valence-corrected chi connectivity index (χ2v) is 5.25. The van der Waals surface area contributed by atoms with Crippen LogP contribution in [-0.4, -0.2) is 10.1 Å². The van der Waals surface area contributed by atoms with Crippen molar-refractivity contribution in [2.24, 2.45) is 10.2 Å². The number of azo groups is 1. The largest absolute Gasteiger partial charge is 0.505 e. The van der Waals surface area contributed by atoms with Crippen molar-refractivity contribution in [1.29, 1.82) is 0 Å². The van der Waals surface area contributed by atoms with Gasteiger partial charge in [-0.05, 0) is 19.1 Å². The second kappa shape index (κ2) is 4.86. The number of hydrogen-bond donors (Lipinski definition) is 1. The maximum atomic E-state index is 11.8. The van der Waals surface area contributed by atoms with Crippen LogP contribution in [0.4, 0.5) is 10.8 Å². The number of nitrogens with zero attached hydrogens (tertiary/aromatic N) is 3. The van der Waals surface area contributed by atoms with Gasteiger partial charge in [-0.15, -0.1) is 10.2 Å². The molecule has 7 heteroatoms. The topological polar surface area (TPSA) is 88.1 Å². The lowest BCUT2D eigenvalue weighted by Crippen LogP contribution is -1.98. The summed E-state index contributed by atoms with van der Waals surface area (Å²) in [6, 6.07) is 6.68. The van der Waals surface area contributed by atoms with Crippen LogP contribution >= 0.6 is 11.3 Å². The molecule has 0 radical (unpaired) electrons. The molecular weight excluding hydrogens is 278 g/mol. The molecule has 1 aromatic carbocycles. The van der Waals surface area contributed by atoms with Crippen LogP contribution in [0.15, 0.2) is 49.9 Å². The SMILES string of the molecule is Cc1cnc(N=Nc2c(O)c3ccccc3oc2=O)s1. The Kier molecular flexibility index (Phi) is 3.03. The Balaban J connectivity index is 2.12. The Morgan fingerprint density at radius 3 is 2.85 bits per heavy atom. The van der Waals surface area contributed by atoms with Crippen molar-refractivity contribution in [3.63, 3.8) is 0 Å². The fraction of sp³-hybridized carbons (Fsp3) is 0.0769. The third-order valence-electron chi connectivity index (χ3n) is 2.61. The molecular formula is C13H9N3O3S. The molecule has 3 rings (SSSR count). The maximum absolute atomic E-state index is 11.8. The van der Waals surface area contributed by atoms with E-state index in [1.165, 1.54) is 11.3 Å². The lowest BCUT2D eigenvalue weighted by atomic mass is 10.2. The molecule has 0 atom stereocenters. The summed E-state index contributed by atoms with van der Waals surface area (Å²) in [7, 11) is 0. The molecule has 20 heavy (non-hydrogen) atoms. The van der Waals surface area contributed by atoms with Crippen molar-refractivity contribution < 1.29 is 9.52 Å². The molecule has 3 aromatic rings.